The van der Waals surface area contributed by atoms with E-state index in [1.54, 1.807) is 0 Å². The smallest absolute Gasteiger partial charge is 0.240 e. The second kappa shape index (κ2) is 7.39. The zero-order chi connectivity index (χ0) is 19.8. The quantitative estimate of drug-likeness (QED) is 0.708. The van der Waals surface area contributed by atoms with Gasteiger partial charge < -0.3 is 19.5 Å². The van der Waals surface area contributed by atoms with Gasteiger partial charge >= 0.3 is 0 Å². The highest BCUT2D eigenvalue weighted by Crippen LogP contribution is 2.47. The molecule has 2 unspecified atom stereocenters. The van der Waals surface area contributed by atoms with Gasteiger partial charge in [0.15, 0.2) is 11.4 Å². The fraction of sp³-hybridized carbons (Fsp3) is 0.500. The average molecular weight is 371 g/mol. The highest BCUT2D eigenvalue weighted by molar-refractivity contribution is 6.10. The van der Waals surface area contributed by atoms with Gasteiger partial charge in [-0.25, -0.2) is 0 Å². The zero-order valence-electron chi connectivity index (χ0n) is 16.6. The minimum absolute atomic E-state index is 0.0291. The van der Waals surface area contributed by atoms with Crippen LogP contribution in [0.15, 0.2) is 48.4 Å². The average Bonchev–Trinajstić information content (AvgIpc) is 2.95. The monoisotopic (exact) mass is 371 g/mol. The number of ketones is 1. The number of nitrogens with zero attached hydrogens (tertiary/aromatic N) is 1. The predicted octanol–water partition coefficient (Wildman–Crippen LogP) is 3.54. The molecular weight excluding hydrogens is 342 g/mol. The molecule has 0 saturated heterocycles. The summed E-state index contributed by atoms with van der Waals surface area (Å²) in [4.78, 5) is 15.0. The van der Waals surface area contributed by atoms with E-state index in [1.807, 2.05) is 45.9 Å². The number of Topliss-reactive ketones (excluding diaryl/α,β-unsaturated/α-hetero) is 1. The van der Waals surface area contributed by atoms with Crippen molar-refractivity contribution in [3.63, 3.8) is 0 Å². The summed E-state index contributed by atoms with van der Waals surface area (Å²) < 4.78 is 11.4. The van der Waals surface area contributed by atoms with Gasteiger partial charge in [0.1, 0.15) is 0 Å². The SMILES string of the molecule is C=CCN1CC(CC2(O)C(=O)C(OC(C)C)=C2OC(C)C)c2ccccc21. The maximum Gasteiger partial charge on any atom is 0.240 e. The van der Waals surface area contributed by atoms with Gasteiger partial charge in [-0.15, -0.1) is 6.58 Å². The van der Waals surface area contributed by atoms with Crippen molar-refractivity contribution in [2.45, 2.75) is 57.8 Å². The largest absolute Gasteiger partial charge is 0.488 e. The summed E-state index contributed by atoms with van der Waals surface area (Å²) in [5.41, 5.74) is 0.644. The first-order valence-corrected chi connectivity index (χ1v) is 9.58. The van der Waals surface area contributed by atoms with E-state index < -0.39 is 5.60 Å². The van der Waals surface area contributed by atoms with E-state index in [1.165, 1.54) is 0 Å². The van der Waals surface area contributed by atoms with Crippen LogP contribution in [0, 0.1) is 0 Å². The molecule has 5 heteroatoms. The van der Waals surface area contributed by atoms with Gasteiger partial charge in [0.05, 0.1) is 12.2 Å². The topological polar surface area (TPSA) is 59.0 Å². The minimum Gasteiger partial charge on any atom is -0.488 e. The second-order valence-electron chi connectivity index (χ2n) is 7.83. The van der Waals surface area contributed by atoms with Gasteiger partial charge in [0.25, 0.3) is 0 Å². The molecule has 0 aromatic heterocycles. The molecule has 2 aliphatic rings. The molecule has 27 heavy (non-hydrogen) atoms. The summed E-state index contributed by atoms with van der Waals surface area (Å²) in [5.74, 6) is 0.0826. The lowest BCUT2D eigenvalue weighted by atomic mass is 9.75. The van der Waals surface area contributed by atoms with Crippen LogP contribution in [-0.4, -0.2) is 41.8 Å². The van der Waals surface area contributed by atoms with Crippen LogP contribution in [0.3, 0.4) is 0 Å². The van der Waals surface area contributed by atoms with Gasteiger partial charge in [-0.05, 0) is 45.7 Å². The number of ether oxygens (including phenoxy) is 2. The van der Waals surface area contributed by atoms with E-state index in [2.05, 4.69) is 23.6 Å². The number of fused-ring (bicyclic) bond motifs is 1. The second-order valence-corrected chi connectivity index (χ2v) is 7.83. The molecule has 0 bridgehead atoms. The van der Waals surface area contributed by atoms with Crippen LogP contribution >= 0.6 is 0 Å². The highest BCUT2D eigenvalue weighted by Gasteiger charge is 2.58. The van der Waals surface area contributed by atoms with Crippen LogP contribution in [0.4, 0.5) is 5.69 Å². The number of anilines is 1. The lowest BCUT2D eigenvalue weighted by Crippen LogP contribution is -2.54. The third-order valence-electron chi connectivity index (χ3n) is 4.92. The number of para-hydroxylation sites is 1. The molecule has 1 aromatic rings. The van der Waals surface area contributed by atoms with E-state index in [0.717, 1.165) is 24.3 Å². The fourth-order valence-electron chi connectivity index (χ4n) is 3.88. The van der Waals surface area contributed by atoms with Crippen LogP contribution in [0.1, 0.15) is 45.6 Å². The zero-order valence-corrected chi connectivity index (χ0v) is 16.6. The van der Waals surface area contributed by atoms with Crippen LogP contribution in [0.2, 0.25) is 0 Å². The first-order chi connectivity index (χ1) is 12.8. The van der Waals surface area contributed by atoms with Crippen molar-refractivity contribution in [1.82, 2.24) is 0 Å². The summed E-state index contributed by atoms with van der Waals surface area (Å²) in [7, 11) is 0. The van der Waals surface area contributed by atoms with Crippen molar-refractivity contribution in [2.24, 2.45) is 0 Å². The maximum atomic E-state index is 12.8. The molecule has 0 spiro atoms. The lowest BCUT2D eigenvalue weighted by molar-refractivity contribution is -0.151. The van der Waals surface area contributed by atoms with Crippen LogP contribution in [0.5, 0.6) is 0 Å². The molecule has 1 heterocycles. The van der Waals surface area contributed by atoms with Crippen molar-refractivity contribution >= 4 is 11.5 Å². The summed E-state index contributed by atoms with van der Waals surface area (Å²) in [6.45, 7) is 12.7. The molecule has 146 valence electrons. The minimum atomic E-state index is -1.63. The number of rotatable bonds is 8. The number of aliphatic hydroxyl groups is 1. The van der Waals surface area contributed by atoms with Crippen molar-refractivity contribution < 1.29 is 19.4 Å². The summed E-state index contributed by atoms with van der Waals surface area (Å²) >= 11 is 0. The lowest BCUT2D eigenvalue weighted by Gasteiger charge is -2.41. The Morgan fingerprint density at radius 2 is 1.93 bits per heavy atom. The molecule has 5 nitrogen and oxygen atoms in total. The summed E-state index contributed by atoms with van der Waals surface area (Å²) in [6, 6.07) is 8.13. The fourth-order valence-corrected chi connectivity index (χ4v) is 3.88. The van der Waals surface area contributed by atoms with Gasteiger partial charge in [-0.2, -0.15) is 0 Å². The van der Waals surface area contributed by atoms with Gasteiger partial charge in [0, 0.05) is 24.7 Å². The van der Waals surface area contributed by atoms with Gasteiger partial charge in [-0.3, -0.25) is 4.79 Å². The first-order valence-electron chi connectivity index (χ1n) is 9.58. The summed E-state index contributed by atoms with van der Waals surface area (Å²) in [6.07, 6.45) is 1.83. The molecule has 1 aliphatic heterocycles. The van der Waals surface area contributed by atoms with Crippen LogP contribution in [0.25, 0.3) is 0 Å². The number of hydrogen-bond donors (Lipinski definition) is 1. The Balaban J connectivity index is 1.89. The third kappa shape index (κ3) is 3.48. The normalized spacial score (nSPS) is 24.3. The maximum absolute atomic E-state index is 12.8. The Bertz CT molecular complexity index is 767. The molecule has 1 N–H and O–H groups in total. The third-order valence-corrected chi connectivity index (χ3v) is 4.92. The molecule has 3 rings (SSSR count). The Kier molecular flexibility index (Phi) is 5.33. The number of carbonyl (C=O) groups excluding carboxylic acids is 1. The summed E-state index contributed by atoms with van der Waals surface area (Å²) in [5, 5.41) is 11.2. The Morgan fingerprint density at radius 1 is 1.26 bits per heavy atom. The Morgan fingerprint density at radius 3 is 2.56 bits per heavy atom. The Hall–Kier alpha value is -2.27. The van der Waals surface area contributed by atoms with Crippen molar-refractivity contribution in [3.05, 3.63) is 54.0 Å². The van der Waals surface area contributed by atoms with E-state index in [4.69, 9.17) is 9.47 Å². The van der Waals surface area contributed by atoms with E-state index in [0.29, 0.717) is 0 Å². The van der Waals surface area contributed by atoms with Crippen molar-refractivity contribution in [3.8, 4) is 0 Å². The molecule has 0 saturated carbocycles. The van der Waals surface area contributed by atoms with E-state index >= 15 is 0 Å². The van der Waals surface area contributed by atoms with Crippen LogP contribution in [-0.2, 0) is 14.3 Å². The molecular formula is C22H29NO4. The predicted molar refractivity (Wildman–Crippen MR) is 106 cm³/mol. The van der Waals surface area contributed by atoms with E-state index in [-0.39, 0.29) is 41.8 Å². The molecule has 0 fully saturated rings. The molecule has 0 amide bonds. The molecule has 0 radical (unpaired) electrons. The number of hydrogen-bond acceptors (Lipinski definition) is 5. The van der Waals surface area contributed by atoms with Gasteiger partial charge in [-0.1, -0.05) is 24.3 Å². The van der Waals surface area contributed by atoms with Gasteiger partial charge in [0.2, 0.25) is 11.5 Å². The molecule has 1 aliphatic carbocycles. The first kappa shape index (κ1) is 19.5. The molecule has 1 aromatic carbocycles. The standard InChI is InChI=1S/C22H29NO4/c1-6-11-23-13-16(17-9-7-8-10-18(17)23)12-22(25)20(24)19(26-14(2)3)21(22)27-15(4)5/h6-10,14-16,25H,1,11-13H2,2-5H3. The highest BCUT2D eigenvalue weighted by atomic mass is 16.5. The van der Waals surface area contributed by atoms with Crippen molar-refractivity contribution in [2.75, 3.05) is 18.0 Å². The van der Waals surface area contributed by atoms with Crippen LogP contribution < -0.4 is 4.90 Å². The number of benzene rings is 1. The Labute approximate surface area is 161 Å². The molecule has 2 atom stereocenters. The van der Waals surface area contributed by atoms with E-state index in [9.17, 15) is 9.90 Å². The number of carbonyl (C=O) groups is 1. The van der Waals surface area contributed by atoms with Crippen molar-refractivity contribution in [1.29, 1.82) is 0 Å².